The zero-order chi connectivity index (χ0) is 23.8. The zero-order valence-corrected chi connectivity index (χ0v) is 19.2. The third-order valence-electron chi connectivity index (χ3n) is 5.78. The van der Waals surface area contributed by atoms with Gasteiger partial charge in [-0.15, -0.1) is 0 Å². The van der Waals surface area contributed by atoms with Gasteiger partial charge in [-0.05, 0) is 47.4 Å². The Morgan fingerprint density at radius 1 is 0.970 bits per heavy atom. The number of ether oxygens (including phenoxy) is 1. The second-order valence-corrected chi connectivity index (χ2v) is 8.79. The van der Waals surface area contributed by atoms with E-state index in [9.17, 15) is 14.4 Å². The van der Waals surface area contributed by atoms with Crippen LogP contribution in [0.4, 0.5) is 4.79 Å². The van der Waals surface area contributed by atoms with Crippen LogP contribution < -0.4 is 10.6 Å². The van der Waals surface area contributed by atoms with Gasteiger partial charge >= 0.3 is 12.1 Å². The Labute approximate surface area is 194 Å². The minimum absolute atomic E-state index is 0.0465. The molecule has 1 aliphatic rings. The molecule has 1 atom stereocenters. The van der Waals surface area contributed by atoms with Gasteiger partial charge in [-0.2, -0.15) is 0 Å². The predicted octanol–water partition coefficient (Wildman–Crippen LogP) is 4.31. The molecule has 7 nitrogen and oxygen atoms in total. The molecule has 0 bridgehead atoms. The van der Waals surface area contributed by atoms with Gasteiger partial charge in [-0.3, -0.25) is 9.59 Å². The number of rotatable bonds is 11. The third-order valence-corrected chi connectivity index (χ3v) is 5.78. The van der Waals surface area contributed by atoms with Crippen molar-refractivity contribution in [3.05, 3.63) is 59.7 Å². The highest BCUT2D eigenvalue weighted by Gasteiger charge is 2.29. The first-order chi connectivity index (χ1) is 15.9. The molecule has 2 aromatic carbocycles. The van der Waals surface area contributed by atoms with Crippen molar-refractivity contribution in [2.75, 3.05) is 13.2 Å². The SMILES string of the molecule is CC(C)C[C@@H](NC(=O)OCC1c2ccccc2-c2ccccc21)C(=O)NCCCCC(=O)O. The molecule has 3 rings (SSSR count). The van der Waals surface area contributed by atoms with Crippen molar-refractivity contribution in [1.29, 1.82) is 0 Å². The average molecular weight is 453 g/mol. The summed E-state index contributed by atoms with van der Waals surface area (Å²) < 4.78 is 5.58. The van der Waals surface area contributed by atoms with Crippen molar-refractivity contribution in [1.82, 2.24) is 10.6 Å². The molecule has 0 spiro atoms. The Kier molecular flexibility index (Phi) is 8.46. The van der Waals surface area contributed by atoms with Gasteiger partial charge in [0.2, 0.25) is 5.91 Å². The van der Waals surface area contributed by atoms with Crippen LogP contribution in [0.1, 0.15) is 56.6 Å². The molecule has 3 N–H and O–H groups in total. The first-order valence-electron chi connectivity index (χ1n) is 11.5. The second-order valence-electron chi connectivity index (χ2n) is 8.79. The maximum absolute atomic E-state index is 12.6. The van der Waals surface area contributed by atoms with Crippen LogP contribution in [0.3, 0.4) is 0 Å². The lowest BCUT2D eigenvalue weighted by molar-refractivity contribution is -0.137. The number of amides is 2. The minimum Gasteiger partial charge on any atom is -0.481 e. The lowest BCUT2D eigenvalue weighted by atomic mass is 9.98. The van der Waals surface area contributed by atoms with Gasteiger partial charge in [0, 0.05) is 18.9 Å². The van der Waals surface area contributed by atoms with Crippen LogP contribution >= 0.6 is 0 Å². The van der Waals surface area contributed by atoms with E-state index in [1.807, 2.05) is 38.1 Å². The average Bonchev–Trinajstić information content (AvgIpc) is 3.10. The molecule has 0 saturated heterocycles. The number of carbonyl (C=O) groups is 3. The van der Waals surface area contributed by atoms with Crippen molar-refractivity contribution in [3.63, 3.8) is 0 Å². The molecule has 0 unspecified atom stereocenters. The van der Waals surface area contributed by atoms with Gasteiger partial charge in [0.1, 0.15) is 12.6 Å². The van der Waals surface area contributed by atoms with Crippen LogP contribution in [0.2, 0.25) is 0 Å². The maximum Gasteiger partial charge on any atom is 0.407 e. The number of nitrogens with one attached hydrogen (secondary N) is 2. The fourth-order valence-electron chi connectivity index (χ4n) is 4.22. The Bertz CT molecular complexity index is 943. The molecule has 0 aliphatic heterocycles. The topological polar surface area (TPSA) is 105 Å². The summed E-state index contributed by atoms with van der Waals surface area (Å²) in [5, 5.41) is 14.2. The van der Waals surface area contributed by atoms with Gasteiger partial charge < -0.3 is 20.5 Å². The van der Waals surface area contributed by atoms with Crippen LogP contribution in [0.15, 0.2) is 48.5 Å². The zero-order valence-electron chi connectivity index (χ0n) is 19.2. The van der Waals surface area contributed by atoms with Gasteiger partial charge in [0.25, 0.3) is 0 Å². The first kappa shape index (κ1) is 24.3. The summed E-state index contributed by atoms with van der Waals surface area (Å²) in [6.45, 7) is 4.51. The number of carboxylic acid groups (broad SMARTS) is 1. The highest BCUT2D eigenvalue weighted by atomic mass is 16.5. The molecule has 2 amide bonds. The lowest BCUT2D eigenvalue weighted by Gasteiger charge is -2.21. The van der Waals surface area contributed by atoms with E-state index < -0.39 is 18.1 Å². The molecule has 0 heterocycles. The van der Waals surface area contributed by atoms with Gasteiger partial charge in [-0.25, -0.2) is 4.79 Å². The quantitative estimate of drug-likeness (QED) is 0.441. The van der Waals surface area contributed by atoms with Crippen molar-refractivity contribution in [2.45, 2.75) is 51.5 Å². The van der Waals surface area contributed by atoms with E-state index in [2.05, 4.69) is 34.9 Å². The number of unbranched alkanes of at least 4 members (excludes halogenated alkanes) is 1. The minimum atomic E-state index is -0.851. The van der Waals surface area contributed by atoms with Crippen LogP contribution in [0.5, 0.6) is 0 Å². The summed E-state index contributed by atoms with van der Waals surface area (Å²) in [7, 11) is 0. The monoisotopic (exact) mass is 452 g/mol. The smallest absolute Gasteiger partial charge is 0.407 e. The van der Waals surface area contributed by atoms with Crippen LogP contribution in [-0.2, 0) is 14.3 Å². The fraction of sp³-hybridized carbons (Fsp3) is 0.423. The highest BCUT2D eigenvalue weighted by Crippen LogP contribution is 2.44. The molecule has 176 valence electrons. The van der Waals surface area contributed by atoms with Crippen LogP contribution in [-0.4, -0.2) is 42.3 Å². The van der Waals surface area contributed by atoms with E-state index in [1.54, 1.807) is 0 Å². The Hall–Kier alpha value is -3.35. The fourth-order valence-corrected chi connectivity index (χ4v) is 4.22. The van der Waals surface area contributed by atoms with Crippen LogP contribution in [0.25, 0.3) is 11.1 Å². The maximum atomic E-state index is 12.6. The number of carbonyl (C=O) groups excluding carboxylic acids is 2. The molecular formula is C26H32N2O5. The van der Waals surface area contributed by atoms with Gasteiger partial charge in [-0.1, -0.05) is 62.4 Å². The van der Waals surface area contributed by atoms with Crippen LogP contribution in [0, 0.1) is 5.92 Å². The number of fused-ring (bicyclic) bond motifs is 3. The lowest BCUT2D eigenvalue weighted by Crippen LogP contribution is -2.48. The van der Waals surface area contributed by atoms with Crippen molar-refractivity contribution < 1.29 is 24.2 Å². The number of alkyl carbamates (subject to hydrolysis) is 1. The van der Waals surface area contributed by atoms with E-state index in [0.717, 1.165) is 22.3 Å². The third kappa shape index (κ3) is 6.57. The molecule has 0 radical (unpaired) electrons. The summed E-state index contributed by atoms with van der Waals surface area (Å²) in [6, 6.07) is 15.5. The van der Waals surface area contributed by atoms with E-state index in [-0.39, 0.29) is 30.8 Å². The molecule has 7 heteroatoms. The summed E-state index contributed by atoms with van der Waals surface area (Å²) in [6.07, 6.45) is 0.986. The number of hydrogen-bond acceptors (Lipinski definition) is 4. The molecule has 2 aromatic rings. The Morgan fingerprint density at radius 2 is 1.58 bits per heavy atom. The number of carboxylic acids is 1. The summed E-state index contributed by atoms with van der Waals surface area (Å²) in [4.78, 5) is 35.8. The highest BCUT2D eigenvalue weighted by molar-refractivity contribution is 5.85. The second kappa shape index (κ2) is 11.5. The van der Waals surface area contributed by atoms with Gasteiger partial charge in [0.05, 0.1) is 0 Å². The molecule has 33 heavy (non-hydrogen) atoms. The number of hydrogen-bond donors (Lipinski definition) is 3. The van der Waals surface area contributed by atoms with E-state index in [0.29, 0.717) is 25.8 Å². The summed E-state index contributed by atoms with van der Waals surface area (Å²) >= 11 is 0. The molecule has 0 aromatic heterocycles. The van der Waals surface area contributed by atoms with E-state index in [4.69, 9.17) is 9.84 Å². The van der Waals surface area contributed by atoms with Crippen molar-refractivity contribution in [3.8, 4) is 11.1 Å². The van der Waals surface area contributed by atoms with Crippen molar-refractivity contribution >= 4 is 18.0 Å². The van der Waals surface area contributed by atoms with E-state index >= 15 is 0 Å². The molecule has 0 fully saturated rings. The molecule has 1 aliphatic carbocycles. The normalized spacial score (nSPS) is 13.2. The first-order valence-corrected chi connectivity index (χ1v) is 11.5. The molecular weight excluding hydrogens is 420 g/mol. The number of aliphatic carboxylic acids is 1. The Balaban J connectivity index is 1.56. The van der Waals surface area contributed by atoms with Gasteiger partial charge in [0.15, 0.2) is 0 Å². The van der Waals surface area contributed by atoms with E-state index in [1.165, 1.54) is 0 Å². The largest absolute Gasteiger partial charge is 0.481 e. The summed E-state index contributed by atoms with van der Waals surface area (Å²) in [5.41, 5.74) is 4.57. The predicted molar refractivity (Wildman–Crippen MR) is 126 cm³/mol. The molecule has 0 saturated carbocycles. The Morgan fingerprint density at radius 3 is 2.15 bits per heavy atom. The van der Waals surface area contributed by atoms with Crippen molar-refractivity contribution in [2.24, 2.45) is 5.92 Å². The standard InChI is InChI=1S/C26H32N2O5/c1-17(2)15-23(25(31)27-14-8-7-13-24(29)30)28-26(32)33-16-22-20-11-5-3-9-18(20)19-10-4-6-12-21(19)22/h3-6,9-12,17,22-23H,7-8,13-16H2,1-2H3,(H,27,31)(H,28,32)(H,29,30)/t23-/m1/s1. The summed E-state index contributed by atoms with van der Waals surface area (Å²) in [5.74, 6) is -0.986. The number of benzene rings is 2.